The van der Waals surface area contributed by atoms with Crippen LogP contribution >= 0.6 is 11.3 Å². The largest absolute Gasteiger partial charge is 0.397 e. The molecule has 0 aliphatic carbocycles. The Kier molecular flexibility index (Phi) is 4.84. The van der Waals surface area contributed by atoms with E-state index >= 15 is 0 Å². The molecule has 1 fully saturated rings. The van der Waals surface area contributed by atoms with E-state index in [1.165, 1.54) is 31.1 Å². The predicted octanol–water partition coefficient (Wildman–Crippen LogP) is 1.53. The van der Waals surface area contributed by atoms with Crippen LogP contribution in [0.5, 0.6) is 0 Å². The first-order valence-corrected chi connectivity index (χ1v) is 7.93. The van der Waals surface area contributed by atoms with Crippen molar-refractivity contribution in [1.29, 1.82) is 0 Å². The zero-order valence-corrected chi connectivity index (χ0v) is 13.3. The lowest BCUT2D eigenvalue weighted by Crippen LogP contribution is -2.33. The van der Waals surface area contributed by atoms with Crippen LogP contribution in [-0.4, -0.2) is 42.3 Å². The molecule has 1 aliphatic heterocycles. The number of Topliss-reactive ketones (excluding diaryl/α,β-unsaturated/α-hetero) is 1. The number of hydrogen-bond donors (Lipinski definition) is 3. The average molecular weight is 310 g/mol. The highest BCUT2D eigenvalue weighted by Gasteiger charge is 2.24. The van der Waals surface area contributed by atoms with E-state index in [0.717, 1.165) is 19.6 Å². The average Bonchev–Trinajstić information content (AvgIpc) is 2.97. The van der Waals surface area contributed by atoms with E-state index < -0.39 is 5.91 Å². The Bertz CT molecular complexity index is 549. The lowest BCUT2D eigenvalue weighted by Gasteiger charge is -2.21. The molecule has 0 aromatic carbocycles. The van der Waals surface area contributed by atoms with Crippen molar-refractivity contribution in [2.24, 2.45) is 5.73 Å². The summed E-state index contributed by atoms with van der Waals surface area (Å²) in [5.74, 6) is -0.757. The molecule has 1 atom stereocenters. The maximum Gasteiger partial charge on any atom is 0.253 e. The lowest BCUT2D eigenvalue weighted by atomic mass is 10.2. The number of nitrogens with zero attached hydrogens (tertiary/aromatic N) is 1. The first-order valence-electron chi connectivity index (χ1n) is 7.12. The van der Waals surface area contributed by atoms with Gasteiger partial charge in [0.2, 0.25) is 0 Å². The number of carbonyl (C=O) groups excluding carboxylic acids is 2. The Labute approximate surface area is 128 Å². The molecular weight excluding hydrogens is 288 g/mol. The summed E-state index contributed by atoms with van der Waals surface area (Å²) in [4.78, 5) is 25.9. The van der Waals surface area contributed by atoms with Crippen LogP contribution in [-0.2, 0) is 0 Å². The van der Waals surface area contributed by atoms with E-state index in [1.807, 2.05) is 6.92 Å². The van der Waals surface area contributed by atoms with Crippen molar-refractivity contribution in [2.75, 3.05) is 30.7 Å². The minimum atomic E-state index is -0.605. The van der Waals surface area contributed by atoms with Gasteiger partial charge in [0.15, 0.2) is 5.78 Å². The Hall–Kier alpha value is -1.60. The number of primary amides is 1. The Balaban J connectivity index is 2.16. The van der Waals surface area contributed by atoms with Crippen LogP contribution in [0.4, 0.5) is 10.7 Å². The topological polar surface area (TPSA) is 101 Å². The molecule has 6 nitrogen and oxygen atoms in total. The van der Waals surface area contributed by atoms with Gasteiger partial charge in [-0.25, -0.2) is 0 Å². The summed E-state index contributed by atoms with van der Waals surface area (Å²) >= 11 is 1.20. The van der Waals surface area contributed by atoms with Crippen LogP contribution in [0.25, 0.3) is 0 Å². The summed E-state index contributed by atoms with van der Waals surface area (Å²) < 4.78 is 0. The third-order valence-electron chi connectivity index (χ3n) is 3.62. The van der Waals surface area contributed by atoms with Crippen LogP contribution in [0, 0.1) is 0 Å². The van der Waals surface area contributed by atoms with E-state index in [-0.39, 0.29) is 23.1 Å². The number of nitrogens with two attached hydrogens (primary N) is 2. The SMILES string of the molecule is CC(=O)c1sc(NC(C)CN2CCCC2)c(C(N)=O)c1N. The standard InChI is InChI=1S/C14H22N4O2S/c1-8(7-18-5-3-4-6-18)17-14-10(13(16)20)11(15)12(21-14)9(2)19/h8,17H,3-7,15H2,1-2H3,(H2,16,20). The number of amides is 1. The fraction of sp³-hybridized carbons (Fsp3) is 0.571. The number of anilines is 2. The van der Waals surface area contributed by atoms with Gasteiger partial charge in [-0.15, -0.1) is 11.3 Å². The van der Waals surface area contributed by atoms with Gasteiger partial charge in [-0.05, 0) is 32.9 Å². The van der Waals surface area contributed by atoms with Crippen LogP contribution in [0.2, 0.25) is 0 Å². The van der Waals surface area contributed by atoms with Gasteiger partial charge in [0.25, 0.3) is 5.91 Å². The highest BCUT2D eigenvalue weighted by atomic mass is 32.1. The van der Waals surface area contributed by atoms with Crippen LogP contribution in [0.3, 0.4) is 0 Å². The molecule has 116 valence electrons. The maximum absolute atomic E-state index is 11.6. The molecule has 0 spiro atoms. The minimum Gasteiger partial charge on any atom is -0.397 e. The molecule has 1 aromatic heterocycles. The smallest absolute Gasteiger partial charge is 0.253 e. The molecule has 2 rings (SSSR count). The Morgan fingerprint density at radius 3 is 2.52 bits per heavy atom. The van der Waals surface area contributed by atoms with Crippen LogP contribution in [0.15, 0.2) is 0 Å². The Morgan fingerprint density at radius 2 is 2.00 bits per heavy atom. The molecule has 7 heteroatoms. The fourth-order valence-corrected chi connectivity index (χ4v) is 3.81. The van der Waals surface area contributed by atoms with Gasteiger partial charge in [0.05, 0.1) is 16.1 Å². The quantitative estimate of drug-likeness (QED) is 0.692. The maximum atomic E-state index is 11.6. The molecule has 2 heterocycles. The van der Waals surface area contributed by atoms with Gasteiger partial charge in [-0.3, -0.25) is 9.59 Å². The number of rotatable bonds is 6. The number of carbonyl (C=O) groups is 2. The van der Waals surface area contributed by atoms with E-state index in [4.69, 9.17) is 11.5 Å². The molecule has 0 bridgehead atoms. The number of nitrogens with one attached hydrogen (secondary N) is 1. The van der Waals surface area contributed by atoms with Gasteiger partial charge < -0.3 is 21.7 Å². The lowest BCUT2D eigenvalue weighted by molar-refractivity contribution is 0.100. The van der Waals surface area contributed by atoms with Crippen LogP contribution in [0.1, 0.15) is 46.7 Å². The summed E-state index contributed by atoms with van der Waals surface area (Å²) in [5.41, 5.74) is 11.7. The molecule has 21 heavy (non-hydrogen) atoms. The molecule has 1 saturated heterocycles. The first kappa shape index (κ1) is 15.8. The van der Waals surface area contributed by atoms with Crippen molar-refractivity contribution in [2.45, 2.75) is 32.7 Å². The summed E-state index contributed by atoms with van der Waals surface area (Å²) in [6.07, 6.45) is 2.47. The number of ketones is 1. The van der Waals surface area contributed by atoms with Crippen molar-refractivity contribution in [3.05, 3.63) is 10.4 Å². The molecule has 1 aliphatic rings. The van der Waals surface area contributed by atoms with Crippen molar-refractivity contribution in [1.82, 2.24) is 4.90 Å². The normalized spacial score (nSPS) is 16.9. The number of hydrogen-bond acceptors (Lipinski definition) is 6. The van der Waals surface area contributed by atoms with Crippen molar-refractivity contribution < 1.29 is 9.59 Å². The van der Waals surface area contributed by atoms with Crippen molar-refractivity contribution in [3.8, 4) is 0 Å². The predicted molar refractivity (Wildman–Crippen MR) is 86.0 cm³/mol. The van der Waals surface area contributed by atoms with E-state index in [9.17, 15) is 9.59 Å². The first-order chi connectivity index (χ1) is 9.90. The fourth-order valence-electron chi connectivity index (χ4n) is 2.67. The third kappa shape index (κ3) is 3.54. The summed E-state index contributed by atoms with van der Waals surface area (Å²) in [6.45, 7) is 6.60. The molecule has 1 aromatic rings. The molecule has 0 saturated carbocycles. The van der Waals surface area contributed by atoms with Crippen molar-refractivity contribution in [3.63, 3.8) is 0 Å². The number of thiophene rings is 1. The van der Waals surface area contributed by atoms with Gasteiger partial charge >= 0.3 is 0 Å². The van der Waals surface area contributed by atoms with Gasteiger partial charge in [-0.1, -0.05) is 0 Å². The van der Waals surface area contributed by atoms with Gasteiger partial charge in [-0.2, -0.15) is 0 Å². The zero-order valence-electron chi connectivity index (χ0n) is 12.4. The molecule has 1 unspecified atom stereocenters. The van der Waals surface area contributed by atoms with Gasteiger partial charge in [0.1, 0.15) is 5.00 Å². The molecule has 1 amide bonds. The zero-order chi connectivity index (χ0) is 15.6. The second-order valence-electron chi connectivity index (χ2n) is 5.52. The summed E-state index contributed by atoms with van der Waals surface area (Å²) in [5, 5.41) is 3.87. The number of likely N-dealkylation sites (tertiary alicyclic amines) is 1. The third-order valence-corrected chi connectivity index (χ3v) is 4.86. The minimum absolute atomic E-state index is 0.152. The second kappa shape index (κ2) is 6.44. The summed E-state index contributed by atoms with van der Waals surface area (Å²) in [7, 11) is 0. The van der Waals surface area contributed by atoms with Crippen molar-refractivity contribution >= 4 is 33.7 Å². The number of nitrogen functional groups attached to an aromatic ring is 1. The van der Waals surface area contributed by atoms with Gasteiger partial charge in [0, 0.05) is 19.5 Å². The van der Waals surface area contributed by atoms with E-state index in [0.29, 0.717) is 9.88 Å². The second-order valence-corrected chi connectivity index (χ2v) is 6.54. The highest BCUT2D eigenvalue weighted by molar-refractivity contribution is 7.19. The highest BCUT2D eigenvalue weighted by Crippen LogP contribution is 2.36. The Morgan fingerprint density at radius 1 is 1.38 bits per heavy atom. The molecule has 0 radical (unpaired) electrons. The monoisotopic (exact) mass is 310 g/mol. The van der Waals surface area contributed by atoms with E-state index in [1.54, 1.807) is 0 Å². The molecule has 5 N–H and O–H groups in total. The van der Waals surface area contributed by atoms with Crippen LogP contribution < -0.4 is 16.8 Å². The molecular formula is C14H22N4O2S. The van der Waals surface area contributed by atoms with E-state index in [2.05, 4.69) is 10.2 Å². The summed E-state index contributed by atoms with van der Waals surface area (Å²) in [6, 6.07) is 0.152.